The monoisotopic (exact) mass is 283 g/mol. The molecule has 0 radical (unpaired) electrons. The molecule has 2 aromatic rings. The first-order chi connectivity index (χ1) is 10.1. The normalized spacial score (nSPS) is 9.90. The quantitative estimate of drug-likeness (QED) is 0.823. The van der Waals surface area contributed by atoms with Crippen molar-refractivity contribution in [2.24, 2.45) is 0 Å². The molecule has 0 saturated heterocycles. The Balaban J connectivity index is 1.96. The molecule has 0 aliphatic rings. The van der Waals surface area contributed by atoms with Crippen molar-refractivity contribution >= 4 is 18.2 Å². The van der Waals surface area contributed by atoms with E-state index in [-0.39, 0.29) is 11.5 Å². The molecule has 0 saturated carbocycles. The smallest absolute Gasteiger partial charge is 0.335 e. The Hall–Kier alpha value is -2.95. The molecule has 0 fully saturated rings. The molecule has 5 heteroatoms. The zero-order chi connectivity index (χ0) is 15.2. The Kier molecular flexibility index (Phi) is 4.46. The number of carbonyl (C=O) groups is 3. The van der Waals surface area contributed by atoms with Gasteiger partial charge in [0.05, 0.1) is 5.56 Å². The lowest BCUT2D eigenvalue weighted by Crippen LogP contribution is -2.22. The van der Waals surface area contributed by atoms with E-state index in [4.69, 9.17) is 5.11 Å². The van der Waals surface area contributed by atoms with Crippen molar-refractivity contribution in [3.63, 3.8) is 0 Å². The summed E-state index contributed by atoms with van der Waals surface area (Å²) in [5.41, 5.74) is 1.98. The average Bonchev–Trinajstić information content (AvgIpc) is 2.53. The van der Waals surface area contributed by atoms with Crippen LogP contribution in [0.15, 0.2) is 48.5 Å². The fraction of sp³-hybridized carbons (Fsp3) is 0.0625. The Bertz CT molecular complexity index is 660. The average molecular weight is 283 g/mol. The van der Waals surface area contributed by atoms with Crippen molar-refractivity contribution in [3.8, 4) is 0 Å². The Morgan fingerprint density at radius 2 is 1.52 bits per heavy atom. The van der Waals surface area contributed by atoms with Gasteiger partial charge in [0.15, 0.2) is 0 Å². The van der Waals surface area contributed by atoms with E-state index in [9.17, 15) is 14.4 Å². The van der Waals surface area contributed by atoms with Crippen molar-refractivity contribution in [2.75, 3.05) is 0 Å². The van der Waals surface area contributed by atoms with Crippen LogP contribution in [0.5, 0.6) is 0 Å². The molecule has 0 unspecified atom stereocenters. The number of aromatic carboxylic acids is 1. The molecule has 21 heavy (non-hydrogen) atoms. The molecule has 0 aliphatic carbocycles. The summed E-state index contributed by atoms with van der Waals surface area (Å²) >= 11 is 0. The van der Waals surface area contributed by atoms with Gasteiger partial charge in [-0.1, -0.05) is 24.3 Å². The van der Waals surface area contributed by atoms with Crippen LogP contribution in [-0.2, 0) is 6.54 Å². The molecule has 0 atom stereocenters. The van der Waals surface area contributed by atoms with Crippen molar-refractivity contribution < 1.29 is 19.5 Å². The summed E-state index contributed by atoms with van der Waals surface area (Å²) in [7, 11) is 0. The number of amides is 1. The lowest BCUT2D eigenvalue weighted by molar-refractivity contribution is 0.0696. The maximum Gasteiger partial charge on any atom is 0.335 e. The number of rotatable bonds is 5. The molecule has 0 aromatic heterocycles. The first-order valence-corrected chi connectivity index (χ1v) is 6.26. The summed E-state index contributed by atoms with van der Waals surface area (Å²) in [5, 5.41) is 11.5. The maximum absolute atomic E-state index is 11.9. The second kappa shape index (κ2) is 6.47. The Morgan fingerprint density at radius 1 is 0.952 bits per heavy atom. The third-order valence-electron chi connectivity index (χ3n) is 2.96. The van der Waals surface area contributed by atoms with Crippen molar-refractivity contribution in [2.45, 2.75) is 6.54 Å². The highest BCUT2D eigenvalue weighted by molar-refractivity contribution is 5.94. The summed E-state index contributed by atoms with van der Waals surface area (Å²) in [6.07, 6.45) is 0.714. The van der Waals surface area contributed by atoms with Gasteiger partial charge < -0.3 is 10.4 Å². The van der Waals surface area contributed by atoms with Gasteiger partial charge in [-0.3, -0.25) is 9.59 Å². The number of hydrogen-bond acceptors (Lipinski definition) is 3. The van der Waals surface area contributed by atoms with Gasteiger partial charge >= 0.3 is 5.97 Å². The van der Waals surface area contributed by atoms with E-state index in [0.717, 1.165) is 5.56 Å². The van der Waals surface area contributed by atoms with Gasteiger partial charge in [0, 0.05) is 17.7 Å². The summed E-state index contributed by atoms with van der Waals surface area (Å²) in [6.45, 7) is 0.300. The number of hydrogen-bond donors (Lipinski definition) is 2. The predicted octanol–water partition coefficient (Wildman–Crippen LogP) is 2.13. The largest absolute Gasteiger partial charge is 0.478 e. The molecule has 0 aliphatic heterocycles. The fourth-order valence-electron chi connectivity index (χ4n) is 1.76. The van der Waals surface area contributed by atoms with Gasteiger partial charge in [-0.05, 0) is 29.8 Å². The van der Waals surface area contributed by atoms with E-state index in [1.165, 1.54) is 12.1 Å². The third kappa shape index (κ3) is 3.76. The van der Waals surface area contributed by atoms with Crippen molar-refractivity contribution in [3.05, 3.63) is 70.8 Å². The summed E-state index contributed by atoms with van der Waals surface area (Å²) in [4.78, 5) is 33.2. The zero-order valence-electron chi connectivity index (χ0n) is 11.1. The highest BCUT2D eigenvalue weighted by Gasteiger charge is 2.06. The van der Waals surface area contributed by atoms with Crippen LogP contribution >= 0.6 is 0 Å². The molecule has 106 valence electrons. The third-order valence-corrected chi connectivity index (χ3v) is 2.96. The maximum atomic E-state index is 11.9. The highest BCUT2D eigenvalue weighted by Crippen LogP contribution is 2.06. The molecular formula is C16H13NO4. The van der Waals surface area contributed by atoms with E-state index >= 15 is 0 Å². The summed E-state index contributed by atoms with van der Waals surface area (Å²) < 4.78 is 0. The minimum atomic E-state index is -0.985. The number of nitrogens with one attached hydrogen (secondary N) is 1. The molecular weight excluding hydrogens is 270 g/mol. The molecule has 2 rings (SSSR count). The lowest BCUT2D eigenvalue weighted by Gasteiger charge is -2.06. The van der Waals surface area contributed by atoms with Crippen molar-refractivity contribution in [1.29, 1.82) is 0 Å². The first-order valence-electron chi connectivity index (χ1n) is 6.26. The van der Waals surface area contributed by atoms with Gasteiger partial charge in [0.1, 0.15) is 6.29 Å². The van der Waals surface area contributed by atoms with Crippen LogP contribution in [-0.4, -0.2) is 23.3 Å². The van der Waals surface area contributed by atoms with Crippen LogP contribution in [0, 0.1) is 0 Å². The van der Waals surface area contributed by atoms with Crippen LogP contribution in [0.4, 0.5) is 0 Å². The minimum absolute atomic E-state index is 0.203. The topological polar surface area (TPSA) is 83.5 Å². The van der Waals surface area contributed by atoms with Crippen LogP contribution in [0.2, 0.25) is 0 Å². The molecule has 1 amide bonds. The van der Waals surface area contributed by atoms with Crippen molar-refractivity contribution in [1.82, 2.24) is 5.32 Å². The van der Waals surface area contributed by atoms with Crippen LogP contribution in [0.3, 0.4) is 0 Å². The van der Waals surface area contributed by atoms with Gasteiger partial charge in [-0.25, -0.2) is 4.79 Å². The molecule has 2 N–H and O–H groups in total. The molecule has 0 spiro atoms. The molecule has 2 aromatic carbocycles. The number of benzene rings is 2. The number of aldehydes is 1. The number of carboxylic acids is 1. The van der Waals surface area contributed by atoms with E-state index in [1.54, 1.807) is 36.4 Å². The number of carbonyl (C=O) groups excluding carboxylic acids is 2. The van der Waals surface area contributed by atoms with Crippen LogP contribution in [0.25, 0.3) is 0 Å². The van der Waals surface area contributed by atoms with Gasteiger partial charge in [-0.15, -0.1) is 0 Å². The van der Waals surface area contributed by atoms with E-state index in [1.807, 2.05) is 0 Å². The van der Waals surface area contributed by atoms with Crippen LogP contribution in [0.1, 0.15) is 36.6 Å². The molecule has 0 heterocycles. The molecule has 0 bridgehead atoms. The van der Waals surface area contributed by atoms with Crippen LogP contribution < -0.4 is 5.32 Å². The second-order valence-corrected chi connectivity index (χ2v) is 4.42. The van der Waals surface area contributed by atoms with Gasteiger partial charge in [0.25, 0.3) is 5.91 Å². The predicted molar refractivity (Wildman–Crippen MR) is 76.4 cm³/mol. The van der Waals surface area contributed by atoms with Gasteiger partial charge in [-0.2, -0.15) is 0 Å². The fourth-order valence-corrected chi connectivity index (χ4v) is 1.76. The van der Waals surface area contributed by atoms with E-state index in [2.05, 4.69) is 5.32 Å². The number of carboxylic acid groups (broad SMARTS) is 1. The summed E-state index contributed by atoms with van der Waals surface area (Å²) in [6, 6.07) is 12.6. The lowest BCUT2D eigenvalue weighted by atomic mass is 10.1. The van der Waals surface area contributed by atoms with E-state index < -0.39 is 5.97 Å². The highest BCUT2D eigenvalue weighted by atomic mass is 16.4. The molecule has 5 nitrogen and oxygen atoms in total. The standard InChI is InChI=1S/C16H13NO4/c18-10-12-3-5-13(6-4-12)15(19)17-9-11-1-7-14(8-2-11)16(20)21/h1-8,10H,9H2,(H,17,19)(H,20,21). The van der Waals surface area contributed by atoms with Gasteiger partial charge in [0.2, 0.25) is 0 Å². The zero-order valence-corrected chi connectivity index (χ0v) is 11.1. The minimum Gasteiger partial charge on any atom is -0.478 e. The Labute approximate surface area is 121 Å². The second-order valence-electron chi connectivity index (χ2n) is 4.42. The summed E-state index contributed by atoms with van der Waals surface area (Å²) in [5.74, 6) is -1.24. The SMILES string of the molecule is O=Cc1ccc(C(=O)NCc2ccc(C(=O)O)cc2)cc1. The first kappa shape index (κ1) is 14.5. The van der Waals surface area contributed by atoms with E-state index in [0.29, 0.717) is 24.0 Å². The Morgan fingerprint density at radius 3 is 2.05 bits per heavy atom.